The van der Waals surface area contributed by atoms with Gasteiger partial charge in [0.15, 0.2) is 0 Å². The van der Waals surface area contributed by atoms with Crippen LogP contribution in [0.5, 0.6) is 0 Å². The molecule has 0 aliphatic heterocycles. The maximum absolute atomic E-state index is 6.47. The molecule has 0 aliphatic carbocycles. The minimum Gasteiger partial charge on any atom is -0.399 e. The molecule has 0 heterocycles. The van der Waals surface area contributed by atoms with E-state index in [1.165, 1.54) is 27.8 Å². The molecule has 2 rings (SSSR count). The van der Waals surface area contributed by atoms with Crippen LogP contribution in [-0.2, 0) is 19.3 Å². The molecule has 0 aromatic heterocycles. The van der Waals surface area contributed by atoms with Crippen LogP contribution in [0.25, 0.3) is 0 Å². The quantitative estimate of drug-likeness (QED) is 0.524. The van der Waals surface area contributed by atoms with Crippen LogP contribution in [0.15, 0.2) is 30.3 Å². The maximum atomic E-state index is 6.47. The van der Waals surface area contributed by atoms with Gasteiger partial charge in [0, 0.05) is 17.3 Å². The monoisotopic (exact) mass is 352 g/mol. The van der Waals surface area contributed by atoms with Crippen molar-refractivity contribution in [2.45, 2.75) is 78.6 Å². The number of hydrogen-bond donors (Lipinski definition) is 2. The van der Waals surface area contributed by atoms with E-state index < -0.39 is 0 Å². The topological polar surface area (TPSA) is 52.0 Å². The number of aryl methyl sites for hydroxylation is 3. The highest BCUT2D eigenvalue weighted by atomic mass is 14.6. The summed E-state index contributed by atoms with van der Waals surface area (Å²) in [4.78, 5) is 0. The normalized spacial score (nSPS) is 12.3. The van der Waals surface area contributed by atoms with Crippen LogP contribution in [0, 0.1) is 0 Å². The van der Waals surface area contributed by atoms with Crippen molar-refractivity contribution in [2.75, 3.05) is 11.5 Å². The van der Waals surface area contributed by atoms with Crippen LogP contribution in [0.1, 0.15) is 87.1 Å². The van der Waals surface area contributed by atoms with E-state index in [-0.39, 0.29) is 0 Å². The van der Waals surface area contributed by atoms with Crippen molar-refractivity contribution in [3.63, 3.8) is 0 Å². The second kappa shape index (κ2) is 9.66. The molecule has 0 bridgehead atoms. The predicted octanol–water partition coefficient (Wildman–Crippen LogP) is 6.25. The van der Waals surface area contributed by atoms with E-state index >= 15 is 0 Å². The number of benzene rings is 2. The molecule has 1 unspecified atom stereocenters. The van der Waals surface area contributed by atoms with E-state index in [2.05, 4.69) is 58.0 Å². The number of nitrogen functional groups attached to an aromatic ring is 2. The largest absolute Gasteiger partial charge is 0.399 e. The smallest absolute Gasteiger partial charge is 0.0379 e. The van der Waals surface area contributed by atoms with Crippen molar-refractivity contribution < 1.29 is 0 Å². The zero-order valence-corrected chi connectivity index (χ0v) is 17.1. The van der Waals surface area contributed by atoms with Crippen LogP contribution < -0.4 is 11.5 Å². The van der Waals surface area contributed by atoms with Crippen molar-refractivity contribution in [1.82, 2.24) is 0 Å². The van der Waals surface area contributed by atoms with Gasteiger partial charge in [0.2, 0.25) is 0 Å². The summed E-state index contributed by atoms with van der Waals surface area (Å²) in [5, 5.41) is 0. The van der Waals surface area contributed by atoms with Crippen LogP contribution in [0.2, 0.25) is 0 Å². The predicted molar refractivity (Wildman–Crippen MR) is 116 cm³/mol. The van der Waals surface area contributed by atoms with Gasteiger partial charge in [0.25, 0.3) is 0 Å². The number of rotatable bonds is 9. The van der Waals surface area contributed by atoms with Crippen molar-refractivity contribution >= 4 is 11.4 Å². The first-order valence-electron chi connectivity index (χ1n) is 10.3. The maximum Gasteiger partial charge on any atom is 0.0379 e. The molecule has 2 nitrogen and oxygen atoms in total. The fourth-order valence-electron chi connectivity index (χ4n) is 3.95. The Balaban J connectivity index is 2.50. The fourth-order valence-corrected chi connectivity index (χ4v) is 3.95. The standard InChI is InChI=1S/C24H36N2/c1-5-9-18-14-17(12-13-23(18)25)22(8-4)21-15-19(10-6-2)24(26)20(16-21)11-7-3/h12-16,22H,5-11,25-26H2,1-4H3. The van der Waals surface area contributed by atoms with Crippen molar-refractivity contribution in [3.05, 3.63) is 58.1 Å². The lowest BCUT2D eigenvalue weighted by Gasteiger charge is -2.21. The second-order valence-electron chi connectivity index (χ2n) is 7.42. The third-order valence-electron chi connectivity index (χ3n) is 5.31. The second-order valence-corrected chi connectivity index (χ2v) is 7.42. The third-order valence-corrected chi connectivity index (χ3v) is 5.31. The molecule has 2 aromatic rings. The highest BCUT2D eigenvalue weighted by Gasteiger charge is 2.17. The summed E-state index contributed by atoms with van der Waals surface area (Å²) in [6.45, 7) is 8.92. The molecule has 0 radical (unpaired) electrons. The molecule has 0 aliphatic rings. The van der Waals surface area contributed by atoms with Gasteiger partial charge in [-0.05, 0) is 59.6 Å². The number of hydrogen-bond acceptors (Lipinski definition) is 2. The van der Waals surface area contributed by atoms with E-state index in [4.69, 9.17) is 11.5 Å². The summed E-state index contributed by atoms with van der Waals surface area (Å²) in [6, 6.07) is 11.3. The van der Waals surface area contributed by atoms with Crippen molar-refractivity contribution in [1.29, 1.82) is 0 Å². The third kappa shape index (κ3) is 4.60. The molecular formula is C24H36N2. The van der Waals surface area contributed by atoms with E-state index in [0.29, 0.717) is 5.92 Å². The lowest BCUT2D eigenvalue weighted by Crippen LogP contribution is -2.07. The number of nitrogens with two attached hydrogens (primary N) is 2. The molecule has 0 saturated heterocycles. The first-order chi connectivity index (χ1) is 12.5. The molecule has 0 amide bonds. The zero-order valence-electron chi connectivity index (χ0n) is 17.1. The van der Waals surface area contributed by atoms with Gasteiger partial charge in [0.1, 0.15) is 0 Å². The summed E-state index contributed by atoms with van der Waals surface area (Å²) >= 11 is 0. The average molecular weight is 353 g/mol. The molecule has 2 aromatic carbocycles. The van der Waals surface area contributed by atoms with Crippen LogP contribution in [0.3, 0.4) is 0 Å². The minimum absolute atomic E-state index is 0.401. The van der Waals surface area contributed by atoms with Gasteiger partial charge in [-0.3, -0.25) is 0 Å². The highest BCUT2D eigenvalue weighted by molar-refractivity contribution is 5.58. The van der Waals surface area contributed by atoms with E-state index in [1.54, 1.807) is 0 Å². The molecular weight excluding hydrogens is 316 g/mol. The molecule has 0 saturated carbocycles. The molecule has 4 N–H and O–H groups in total. The van der Waals surface area contributed by atoms with Crippen LogP contribution >= 0.6 is 0 Å². The number of anilines is 2. The van der Waals surface area contributed by atoms with Gasteiger partial charge in [0.05, 0.1) is 0 Å². The minimum atomic E-state index is 0.401. The van der Waals surface area contributed by atoms with Gasteiger partial charge in [-0.15, -0.1) is 0 Å². The Kier molecular flexibility index (Phi) is 7.56. The van der Waals surface area contributed by atoms with Crippen LogP contribution in [0.4, 0.5) is 11.4 Å². The highest BCUT2D eigenvalue weighted by Crippen LogP contribution is 2.34. The molecule has 2 heteroatoms. The first-order valence-corrected chi connectivity index (χ1v) is 10.3. The van der Waals surface area contributed by atoms with Crippen LogP contribution in [-0.4, -0.2) is 0 Å². The summed E-state index contributed by atoms with van der Waals surface area (Å²) in [6.07, 6.45) is 7.59. The zero-order chi connectivity index (χ0) is 19.1. The lowest BCUT2D eigenvalue weighted by atomic mass is 9.84. The van der Waals surface area contributed by atoms with E-state index in [1.807, 2.05) is 0 Å². The Morgan fingerprint density at radius 1 is 0.692 bits per heavy atom. The van der Waals surface area contributed by atoms with Gasteiger partial charge in [-0.25, -0.2) is 0 Å². The van der Waals surface area contributed by atoms with E-state index in [9.17, 15) is 0 Å². The average Bonchev–Trinajstić information content (AvgIpc) is 2.62. The molecule has 0 fully saturated rings. The Bertz CT molecular complexity index is 691. The van der Waals surface area contributed by atoms with Gasteiger partial charge < -0.3 is 11.5 Å². The SMILES string of the molecule is CCCc1cc(C(CC)c2cc(CCC)c(N)c(CCC)c2)ccc1N. The van der Waals surface area contributed by atoms with Gasteiger partial charge >= 0.3 is 0 Å². The molecule has 142 valence electrons. The first kappa shape index (κ1) is 20.4. The summed E-state index contributed by atoms with van der Waals surface area (Å²) in [5.74, 6) is 0.401. The summed E-state index contributed by atoms with van der Waals surface area (Å²) in [5.41, 5.74) is 21.3. The Morgan fingerprint density at radius 3 is 1.69 bits per heavy atom. The fraction of sp³-hybridized carbons (Fsp3) is 0.500. The van der Waals surface area contributed by atoms with Gasteiger partial charge in [-0.2, -0.15) is 0 Å². The Morgan fingerprint density at radius 2 is 1.19 bits per heavy atom. The molecule has 26 heavy (non-hydrogen) atoms. The van der Waals surface area contributed by atoms with E-state index in [0.717, 1.165) is 56.3 Å². The lowest BCUT2D eigenvalue weighted by molar-refractivity contribution is 0.767. The van der Waals surface area contributed by atoms with Gasteiger partial charge in [-0.1, -0.05) is 71.2 Å². The molecule has 0 spiro atoms. The molecule has 1 atom stereocenters. The Labute approximate surface area is 160 Å². The summed E-state index contributed by atoms with van der Waals surface area (Å²) < 4.78 is 0. The van der Waals surface area contributed by atoms with Crippen molar-refractivity contribution in [2.24, 2.45) is 0 Å². The summed E-state index contributed by atoms with van der Waals surface area (Å²) in [7, 11) is 0. The Hall–Kier alpha value is -1.96. The van der Waals surface area contributed by atoms with Crippen molar-refractivity contribution in [3.8, 4) is 0 Å².